The number of halogens is 1. The van der Waals surface area contributed by atoms with Crippen LogP contribution in [0.25, 0.3) is 11.5 Å². The molecule has 0 spiro atoms. The van der Waals surface area contributed by atoms with E-state index in [1.165, 1.54) is 0 Å². The predicted octanol–water partition coefficient (Wildman–Crippen LogP) is 4.28. The van der Waals surface area contributed by atoms with Crippen molar-refractivity contribution in [2.45, 2.75) is 13.5 Å². The highest BCUT2D eigenvalue weighted by molar-refractivity contribution is 6.33. The molecule has 0 saturated heterocycles. The minimum absolute atomic E-state index is 0.225. The summed E-state index contributed by atoms with van der Waals surface area (Å²) >= 11 is 6.10. The summed E-state index contributed by atoms with van der Waals surface area (Å²) in [5.41, 5.74) is 1.78. The van der Waals surface area contributed by atoms with Gasteiger partial charge in [0.05, 0.1) is 10.6 Å². The Morgan fingerprint density at radius 2 is 1.81 bits per heavy atom. The molecule has 0 amide bonds. The van der Waals surface area contributed by atoms with Gasteiger partial charge >= 0.3 is 0 Å². The molecule has 21 heavy (non-hydrogen) atoms. The van der Waals surface area contributed by atoms with Crippen molar-refractivity contribution in [3.8, 4) is 17.2 Å². The largest absolute Gasteiger partial charge is 0.484 e. The molecule has 2 aromatic carbocycles. The third kappa shape index (κ3) is 3.06. The number of hydrogen-bond acceptors (Lipinski definition) is 4. The van der Waals surface area contributed by atoms with Crippen LogP contribution in [0, 0.1) is 6.92 Å². The van der Waals surface area contributed by atoms with Crippen LogP contribution in [-0.2, 0) is 6.61 Å². The van der Waals surface area contributed by atoms with Gasteiger partial charge in [-0.25, -0.2) is 0 Å². The van der Waals surface area contributed by atoms with Crippen molar-refractivity contribution in [2.75, 3.05) is 0 Å². The molecule has 0 unspecified atom stereocenters. The molecule has 3 aromatic rings. The molecule has 0 aliphatic carbocycles. The second-order valence-electron chi connectivity index (χ2n) is 4.53. The van der Waals surface area contributed by atoms with Crippen molar-refractivity contribution in [3.05, 3.63) is 65.0 Å². The number of benzene rings is 2. The number of aryl methyl sites for hydroxylation is 1. The molecule has 1 heterocycles. The maximum atomic E-state index is 6.10. The van der Waals surface area contributed by atoms with Crippen LogP contribution in [0.15, 0.2) is 52.9 Å². The highest BCUT2D eigenvalue weighted by Crippen LogP contribution is 2.26. The Kier molecular flexibility index (Phi) is 3.88. The quantitative estimate of drug-likeness (QED) is 0.721. The Bertz CT molecular complexity index is 755. The molecule has 1 aromatic heterocycles. The number of para-hydroxylation sites is 1. The molecule has 0 radical (unpaired) electrons. The Morgan fingerprint density at radius 3 is 2.62 bits per heavy atom. The summed E-state index contributed by atoms with van der Waals surface area (Å²) in [7, 11) is 0. The fourth-order valence-electron chi connectivity index (χ4n) is 1.91. The van der Waals surface area contributed by atoms with Crippen LogP contribution < -0.4 is 4.74 Å². The first-order valence-electron chi connectivity index (χ1n) is 6.50. The van der Waals surface area contributed by atoms with Crippen molar-refractivity contribution in [1.82, 2.24) is 10.2 Å². The average molecular weight is 301 g/mol. The number of nitrogens with zero attached hydrogens (tertiary/aromatic N) is 2. The molecule has 4 nitrogen and oxygen atoms in total. The van der Waals surface area contributed by atoms with Crippen molar-refractivity contribution in [3.63, 3.8) is 0 Å². The second-order valence-corrected chi connectivity index (χ2v) is 4.94. The monoisotopic (exact) mass is 300 g/mol. The first-order valence-corrected chi connectivity index (χ1v) is 6.87. The van der Waals surface area contributed by atoms with Crippen molar-refractivity contribution >= 4 is 11.6 Å². The van der Waals surface area contributed by atoms with E-state index in [1.54, 1.807) is 6.07 Å². The van der Waals surface area contributed by atoms with Gasteiger partial charge in [-0.05, 0) is 30.7 Å². The highest BCUT2D eigenvalue weighted by Gasteiger charge is 2.12. The molecule has 0 N–H and O–H groups in total. The first kappa shape index (κ1) is 13.6. The fraction of sp³-hybridized carbons (Fsp3) is 0.125. The van der Waals surface area contributed by atoms with Gasteiger partial charge in [0.2, 0.25) is 5.89 Å². The normalized spacial score (nSPS) is 10.6. The van der Waals surface area contributed by atoms with Crippen LogP contribution in [0.2, 0.25) is 5.02 Å². The van der Waals surface area contributed by atoms with E-state index in [0.29, 0.717) is 22.4 Å². The van der Waals surface area contributed by atoms with Crippen LogP contribution in [-0.4, -0.2) is 10.2 Å². The molecule has 0 aliphatic heterocycles. The lowest BCUT2D eigenvalue weighted by molar-refractivity contribution is 0.263. The fourth-order valence-corrected chi connectivity index (χ4v) is 2.13. The van der Waals surface area contributed by atoms with E-state index in [2.05, 4.69) is 10.2 Å². The van der Waals surface area contributed by atoms with Crippen LogP contribution >= 0.6 is 11.6 Å². The van der Waals surface area contributed by atoms with E-state index in [9.17, 15) is 0 Å². The molecule has 0 fully saturated rings. The van der Waals surface area contributed by atoms with Crippen LogP contribution in [0.5, 0.6) is 5.75 Å². The molecule has 106 valence electrons. The molecule has 0 atom stereocenters. The molecular formula is C16H13ClN2O2. The molecule has 3 rings (SSSR count). The predicted molar refractivity (Wildman–Crippen MR) is 80.3 cm³/mol. The van der Waals surface area contributed by atoms with Gasteiger partial charge in [-0.1, -0.05) is 41.9 Å². The van der Waals surface area contributed by atoms with Gasteiger partial charge < -0.3 is 9.15 Å². The minimum atomic E-state index is 0.225. The number of hydrogen-bond donors (Lipinski definition) is 0. The lowest BCUT2D eigenvalue weighted by Crippen LogP contribution is -1.97. The molecule has 0 aliphatic rings. The van der Waals surface area contributed by atoms with E-state index in [-0.39, 0.29) is 6.61 Å². The zero-order valence-electron chi connectivity index (χ0n) is 11.4. The Hall–Kier alpha value is -2.33. The summed E-state index contributed by atoms with van der Waals surface area (Å²) in [5.74, 6) is 1.60. The van der Waals surface area contributed by atoms with E-state index in [1.807, 2.05) is 49.4 Å². The van der Waals surface area contributed by atoms with Crippen molar-refractivity contribution < 1.29 is 9.15 Å². The smallest absolute Gasteiger partial charge is 0.254 e. The first-order chi connectivity index (χ1) is 10.2. The third-order valence-electron chi connectivity index (χ3n) is 3.02. The summed E-state index contributed by atoms with van der Waals surface area (Å²) in [6.07, 6.45) is 0. The Morgan fingerprint density at radius 1 is 1.05 bits per heavy atom. The summed E-state index contributed by atoms with van der Waals surface area (Å²) in [4.78, 5) is 0. The SMILES string of the molecule is Cc1ccccc1OCc1nnc(-c2ccccc2Cl)o1. The number of aromatic nitrogens is 2. The third-order valence-corrected chi connectivity index (χ3v) is 3.35. The van der Waals surface area contributed by atoms with E-state index in [0.717, 1.165) is 11.3 Å². The topological polar surface area (TPSA) is 48.2 Å². The second kappa shape index (κ2) is 5.97. The van der Waals surface area contributed by atoms with Crippen LogP contribution in [0.1, 0.15) is 11.5 Å². The van der Waals surface area contributed by atoms with Crippen LogP contribution in [0.4, 0.5) is 0 Å². The summed E-state index contributed by atoms with van der Waals surface area (Å²) in [5, 5.41) is 8.56. The summed E-state index contributed by atoms with van der Waals surface area (Å²) < 4.78 is 11.3. The highest BCUT2D eigenvalue weighted by atomic mass is 35.5. The standard InChI is InChI=1S/C16H13ClN2O2/c1-11-6-2-5-9-14(11)20-10-15-18-19-16(21-15)12-7-3-4-8-13(12)17/h2-9H,10H2,1H3. The van der Waals surface area contributed by atoms with Gasteiger partial charge in [0.1, 0.15) is 5.75 Å². The maximum Gasteiger partial charge on any atom is 0.254 e. The summed E-state index contributed by atoms with van der Waals surface area (Å²) in [6.45, 7) is 2.21. The Labute approximate surface area is 127 Å². The van der Waals surface area contributed by atoms with Gasteiger partial charge in [-0.15, -0.1) is 10.2 Å². The zero-order chi connectivity index (χ0) is 14.7. The van der Waals surface area contributed by atoms with Crippen molar-refractivity contribution in [1.29, 1.82) is 0 Å². The lowest BCUT2D eigenvalue weighted by Gasteiger charge is -2.05. The number of ether oxygens (including phenoxy) is 1. The molecule has 0 bridgehead atoms. The van der Waals surface area contributed by atoms with Gasteiger partial charge in [0, 0.05) is 0 Å². The average Bonchev–Trinajstić information content (AvgIpc) is 2.96. The van der Waals surface area contributed by atoms with Gasteiger partial charge in [-0.3, -0.25) is 0 Å². The summed E-state index contributed by atoms with van der Waals surface area (Å²) in [6, 6.07) is 15.1. The van der Waals surface area contributed by atoms with Crippen molar-refractivity contribution in [2.24, 2.45) is 0 Å². The van der Waals surface area contributed by atoms with Gasteiger partial charge in [-0.2, -0.15) is 0 Å². The number of rotatable bonds is 4. The van der Waals surface area contributed by atoms with E-state index in [4.69, 9.17) is 20.8 Å². The molecule has 0 saturated carbocycles. The zero-order valence-corrected chi connectivity index (χ0v) is 12.2. The van der Waals surface area contributed by atoms with Gasteiger partial charge in [0.25, 0.3) is 5.89 Å². The molecule has 5 heteroatoms. The molecular weight excluding hydrogens is 288 g/mol. The lowest BCUT2D eigenvalue weighted by atomic mass is 10.2. The van der Waals surface area contributed by atoms with Crippen LogP contribution in [0.3, 0.4) is 0 Å². The van der Waals surface area contributed by atoms with E-state index < -0.39 is 0 Å². The minimum Gasteiger partial charge on any atom is -0.484 e. The van der Waals surface area contributed by atoms with E-state index >= 15 is 0 Å². The maximum absolute atomic E-state index is 6.10. The van der Waals surface area contributed by atoms with Gasteiger partial charge in [0.15, 0.2) is 6.61 Å². The Balaban J connectivity index is 1.74.